The number of Topliss-reactive ketones (excluding diaryl/α,β-unsaturated/α-hetero) is 1. The molecule has 0 amide bonds. The van der Waals surface area contributed by atoms with Crippen molar-refractivity contribution in [2.75, 3.05) is 6.54 Å². The molecule has 72 valence electrons. The van der Waals surface area contributed by atoms with Crippen molar-refractivity contribution in [1.82, 2.24) is 0 Å². The zero-order valence-electron chi connectivity index (χ0n) is 8.45. The van der Waals surface area contributed by atoms with Crippen LogP contribution < -0.4 is 0 Å². The van der Waals surface area contributed by atoms with Crippen molar-refractivity contribution in [3.05, 3.63) is 35.9 Å². The quantitative estimate of drug-likeness (QED) is 0.662. The van der Waals surface area contributed by atoms with Crippen LogP contribution in [0.3, 0.4) is 0 Å². The van der Waals surface area contributed by atoms with Crippen LogP contribution in [0.15, 0.2) is 35.3 Å². The van der Waals surface area contributed by atoms with Crippen LogP contribution >= 0.6 is 0 Å². The smallest absolute Gasteiger partial charge is 0.165 e. The fourth-order valence-corrected chi connectivity index (χ4v) is 1.73. The number of hydrogen-bond acceptors (Lipinski definition) is 2. The molecule has 2 rings (SSSR count). The average Bonchev–Trinajstić information content (AvgIpc) is 2.44. The van der Waals surface area contributed by atoms with Gasteiger partial charge in [0, 0.05) is 0 Å². The molecule has 2 heteroatoms. The number of carbonyl (C=O) groups excluding carboxylic acids is 1. The van der Waals surface area contributed by atoms with Gasteiger partial charge in [0.05, 0.1) is 17.7 Å². The third kappa shape index (κ3) is 1.27. The predicted octanol–water partition coefficient (Wildman–Crippen LogP) is 2.08. The molecule has 1 aliphatic heterocycles. The largest absolute Gasteiger partial charge is 0.297 e. The van der Waals surface area contributed by atoms with Crippen LogP contribution in [0.5, 0.6) is 0 Å². The van der Waals surface area contributed by atoms with Crippen LogP contribution in [0.1, 0.15) is 19.4 Å². The molecule has 0 fully saturated rings. The fourth-order valence-electron chi connectivity index (χ4n) is 1.73. The van der Waals surface area contributed by atoms with E-state index in [2.05, 4.69) is 4.99 Å². The molecule has 1 heterocycles. The van der Waals surface area contributed by atoms with E-state index in [4.69, 9.17) is 0 Å². The Bertz CT molecular complexity index is 390. The van der Waals surface area contributed by atoms with Gasteiger partial charge in [0.25, 0.3) is 0 Å². The van der Waals surface area contributed by atoms with Crippen LogP contribution in [0, 0.1) is 5.41 Å². The lowest BCUT2D eigenvalue weighted by Gasteiger charge is -2.18. The Labute approximate surface area is 83.7 Å². The third-order valence-electron chi connectivity index (χ3n) is 2.72. The number of carbonyl (C=O) groups is 1. The van der Waals surface area contributed by atoms with Gasteiger partial charge in [-0.05, 0) is 19.4 Å². The lowest BCUT2D eigenvalue weighted by Crippen LogP contribution is -2.29. The van der Waals surface area contributed by atoms with Crippen molar-refractivity contribution in [3.63, 3.8) is 0 Å². The Morgan fingerprint density at radius 2 is 1.86 bits per heavy atom. The SMILES string of the molecule is CC1(C)C(=O)CN=C1c1ccccc1. The fraction of sp³-hybridized carbons (Fsp3) is 0.333. The molecule has 0 atom stereocenters. The highest BCUT2D eigenvalue weighted by Crippen LogP contribution is 2.28. The molecular formula is C12H13NO. The molecule has 0 saturated carbocycles. The average molecular weight is 187 g/mol. The number of nitrogens with zero attached hydrogens (tertiary/aromatic N) is 1. The molecule has 1 aromatic rings. The van der Waals surface area contributed by atoms with E-state index in [1.54, 1.807) is 0 Å². The summed E-state index contributed by atoms with van der Waals surface area (Å²) in [5.41, 5.74) is 1.56. The summed E-state index contributed by atoms with van der Waals surface area (Å²) in [5.74, 6) is 0.205. The van der Waals surface area contributed by atoms with Crippen molar-refractivity contribution in [2.45, 2.75) is 13.8 Å². The first-order valence-electron chi connectivity index (χ1n) is 4.76. The van der Waals surface area contributed by atoms with E-state index in [0.717, 1.165) is 11.3 Å². The van der Waals surface area contributed by atoms with Crippen LogP contribution in [0.4, 0.5) is 0 Å². The van der Waals surface area contributed by atoms with Crippen molar-refractivity contribution >= 4 is 11.5 Å². The van der Waals surface area contributed by atoms with Gasteiger partial charge in [0.2, 0.25) is 0 Å². The third-order valence-corrected chi connectivity index (χ3v) is 2.72. The molecule has 0 aliphatic carbocycles. The number of aliphatic imine (C=N–C) groups is 1. The lowest BCUT2D eigenvalue weighted by molar-refractivity contribution is -0.121. The molecule has 0 aromatic heterocycles. The van der Waals surface area contributed by atoms with Gasteiger partial charge >= 0.3 is 0 Å². The maximum Gasteiger partial charge on any atom is 0.165 e. The number of rotatable bonds is 1. The second-order valence-corrected chi connectivity index (χ2v) is 4.08. The molecule has 0 spiro atoms. The van der Waals surface area contributed by atoms with E-state index >= 15 is 0 Å². The summed E-state index contributed by atoms with van der Waals surface area (Å²) < 4.78 is 0. The Morgan fingerprint density at radius 1 is 1.21 bits per heavy atom. The Morgan fingerprint density at radius 3 is 2.36 bits per heavy atom. The van der Waals surface area contributed by atoms with Gasteiger partial charge in [-0.1, -0.05) is 30.3 Å². The zero-order chi connectivity index (χ0) is 10.2. The highest BCUT2D eigenvalue weighted by molar-refractivity contribution is 6.20. The van der Waals surface area contributed by atoms with Crippen molar-refractivity contribution in [1.29, 1.82) is 0 Å². The maximum atomic E-state index is 11.6. The summed E-state index contributed by atoms with van der Waals surface area (Å²) in [7, 11) is 0. The van der Waals surface area contributed by atoms with Gasteiger partial charge in [0.15, 0.2) is 5.78 Å². The molecule has 0 saturated heterocycles. The molecule has 0 bridgehead atoms. The van der Waals surface area contributed by atoms with Crippen molar-refractivity contribution < 1.29 is 4.79 Å². The molecule has 0 unspecified atom stereocenters. The summed E-state index contributed by atoms with van der Waals surface area (Å²) in [6, 6.07) is 9.90. The Hall–Kier alpha value is -1.44. The van der Waals surface area contributed by atoms with Gasteiger partial charge in [-0.2, -0.15) is 0 Å². The Kier molecular flexibility index (Phi) is 1.99. The first-order valence-corrected chi connectivity index (χ1v) is 4.76. The summed E-state index contributed by atoms with van der Waals surface area (Å²) in [6.45, 7) is 4.21. The van der Waals surface area contributed by atoms with Crippen LogP contribution in [-0.4, -0.2) is 18.0 Å². The standard InChI is InChI=1S/C12H13NO/c1-12(2)10(14)8-13-11(12)9-6-4-3-5-7-9/h3-7H,8H2,1-2H3. The van der Waals surface area contributed by atoms with Crippen LogP contribution in [0.25, 0.3) is 0 Å². The minimum Gasteiger partial charge on any atom is -0.297 e. The van der Waals surface area contributed by atoms with E-state index in [1.165, 1.54) is 0 Å². The Balaban J connectivity index is 2.43. The first kappa shape index (κ1) is 9.13. The number of benzene rings is 1. The van der Waals surface area contributed by atoms with E-state index in [0.29, 0.717) is 6.54 Å². The van der Waals surface area contributed by atoms with Gasteiger partial charge in [-0.25, -0.2) is 0 Å². The molecule has 2 nitrogen and oxygen atoms in total. The van der Waals surface area contributed by atoms with Gasteiger partial charge in [0.1, 0.15) is 0 Å². The topological polar surface area (TPSA) is 29.4 Å². The monoisotopic (exact) mass is 187 g/mol. The van der Waals surface area contributed by atoms with E-state index in [9.17, 15) is 4.79 Å². The van der Waals surface area contributed by atoms with Crippen LogP contribution in [-0.2, 0) is 4.79 Å². The first-order chi connectivity index (χ1) is 6.62. The molecule has 0 radical (unpaired) electrons. The molecular weight excluding hydrogens is 174 g/mol. The molecule has 1 aliphatic rings. The van der Waals surface area contributed by atoms with Gasteiger partial charge < -0.3 is 0 Å². The zero-order valence-corrected chi connectivity index (χ0v) is 8.45. The summed E-state index contributed by atoms with van der Waals surface area (Å²) >= 11 is 0. The van der Waals surface area contributed by atoms with Crippen LogP contribution in [0.2, 0.25) is 0 Å². The molecule has 0 N–H and O–H groups in total. The molecule has 14 heavy (non-hydrogen) atoms. The molecule has 1 aromatic carbocycles. The maximum absolute atomic E-state index is 11.6. The predicted molar refractivity (Wildman–Crippen MR) is 56.6 cm³/mol. The number of ketones is 1. The minimum atomic E-state index is -0.415. The van der Waals surface area contributed by atoms with E-state index < -0.39 is 5.41 Å². The normalized spacial score (nSPS) is 19.6. The van der Waals surface area contributed by atoms with Gasteiger partial charge in [-0.3, -0.25) is 9.79 Å². The lowest BCUT2D eigenvalue weighted by atomic mass is 9.82. The summed E-state index contributed by atoms with van der Waals surface area (Å²) in [4.78, 5) is 15.9. The van der Waals surface area contributed by atoms with E-state index in [1.807, 2.05) is 44.2 Å². The second-order valence-electron chi connectivity index (χ2n) is 4.08. The van der Waals surface area contributed by atoms with Crippen molar-refractivity contribution in [2.24, 2.45) is 10.4 Å². The summed E-state index contributed by atoms with van der Waals surface area (Å²) in [5, 5.41) is 0. The second kappa shape index (κ2) is 3.05. The highest BCUT2D eigenvalue weighted by Gasteiger charge is 2.37. The number of hydrogen-bond donors (Lipinski definition) is 0. The minimum absolute atomic E-state index is 0.205. The highest BCUT2D eigenvalue weighted by atomic mass is 16.1. The van der Waals surface area contributed by atoms with Gasteiger partial charge in [-0.15, -0.1) is 0 Å². The van der Waals surface area contributed by atoms with Crippen molar-refractivity contribution in [3.8, 4) is 0 Å². The van der Waals surface area contributed by atoms with E-state index in [-0.39, 0.29) is 5.78 Å². The summed E-state index contributed by atoms with van der Waals surface area (Å²) in [6.07, 6.45) is 0.